The molecule has 0 aromatic rings. The first-order chi connectivity index (χ1) is 7.45. The molecule has 96 valence electrons. The highest BCUT2D eigenvalue weighted by atomic mass is 14.9. The minimum Gasteiger partial charge on any atom is -0.316 e. The molecule has 4 atom stereocenters. The molecule has 1 N–H and O–H groups in total. The van der Waals surface area contributed by atoms with Gasteiger partial charge in [-0.1, -0.05) is 34.6 Å². The predicted molar refractivity (Wildman–Crippen MR) is 72.5 cm³/mol. The second-order valence-corrected chi connectivity index (χ2v) is 6.60. The molecule has 1 fully saturated rings. The molecule has 0 saturated heterocycles. The van der Waals surface area contributed by atoms with Crippen LogP contribution in [0.1, 0.15) is 53.9 Å². The molecule has 0 aromatic heterocycles. The number of rotatable bonds is 4. The van der Waals surface area contributed by atoms with E-state index in [2.05, 4.69) is 47.0 Å². The summed E-state index contributed by atoms with van der Waals surface area (Å²) >= 11 is 0. The highest BCUT2D eigenvalue weighted by Crippen LogP contribution is 2.37. The minimum atomic E-state index is 0.713. The Bertz CT molecular complexity index is 190. The van der Waals surface area contributed by atoms with Crippen molar-refractivity contribution in [1.29, 1.82) is 0 Å². The Morgan fingerprint density at radius 1 is 0.938 bits per heavy atom. The van der Waals surface area contributed by atoms with Crippen molar-refractivity contribution in [2.24, 2.45) is 29.6 Å². The van der Waals surface area contributed by atoms with E-state index in [1.807, 2.05) is 0 Å². The number of hydrogen-bond acceptors (Lipinski definition) is 1. The SMILES string of the molecule is CNC(C1CC(C)CC(C)C1)C(C)C(C)C. The van der Waals surface area contributed by atoms with Crippen molar-refractivity contribution in [3.05, 3.63) is 0 Å². The molecule has 0 aliphatic heterocycles. The second kappa shape index (κ2) is 6.05. The highest BCUT2D eigenvalue weighted by molar-refractivity contribution is 4.86. The summed E-state index contributed by atoms with van der Waals surface area (Å²) in [7, 11) is 2.15. The number of hydrogen-bond donors (Lipinski definition) is 1. The Hall–Kier alpha value is -0.0400. The normalized spacial score (nSPS) is 35.1. The van der Waals surface area contributed by atoms with Crippen LogP contribution in [0.5, 0.6) is 0 Å². The van der Waals surface area contributed by atoms with Gasteiger partial charge < -0.3 is 5.32 Å². The Balaban J connectivity index is 2.64. The molecule has 1 rings (SSSR count). The monoisotopic (exact) mass is 225 g/mol. The molecule has 0 bridgehead atoms. The maximum Gasteiger partial charge on any atom is 0.0121 e. The van der Waals surface area contributed by atoms with E-state index in [0.29, 0.717) is 6.04 Å². The Morgan fingerprint density at radius 3 is 1.81 bits per heavy atom. The quantitative estimate of drug-likeness (QED) is 0.764. The standard InChI is InChI=1S/C15H31N/c1-10(2)13(5)15(16-6)14-8-11(3)7-12(4)9-14/h10-16H,7-9H2,1-6H3. The van der Waals surface area contributed by atoms with Crippen LogP contribution in [0, 0.1) is 29.6 Å². The molecule has 4 unspecified atom stereocenters. The molecule has 0 heterocycles. The summed E-state index contributed by atoms with van der Waals surface area (Å²) < 4.78 is 0. The van der Waals surface area contributed by atoms with Crippen LogP contribution in [0.4, 0.5) is 0 Å². The van der Waals surface area contributed by atoms with Gasteiger partial charge in [-0.2, -0.15) is 0 Å². The van der Waals surface area contributed by atoms with Crippen molar-refractivity contribution < 1.29 is 0 Å². The molecule has 1 aliphatic carbocycles. The fourth-order valence-electron chi connectivity index (χ4n) is 3.64. The van der Waals surface area contributed by atoms with Gasteiger partial charge in [0.25, 0.3) is 0 Å². The van der Waals surface area contributed by atoms with Crippen LogP contribution in [0.2, 0.25) is 0 Å². The van der Waals surface area contributed by atoms with E-state index < -0.39 is 0 Å². The fraction of sp³-hybridized carbons (Fsp3) is 1.00. The molecule has 1 nitrogen and oxygen atoms in total. The van der Waals surface area contributed by atoms with Crippen LogP contribution in [0.3, 0.4) is 0 Å². The molecule has 16 heavy (non-hydrogen) atoms. The van der Waals surface area contributed by atoms with Gasteiger partial charge in [0.05, 0.1) is 0 Å². The molecule has 0 amide bonds. The van der Waals surface area contributed by atoms with Crippen LogP contribution in [-0.4, -0.2) is 13.1 Å². The maximum atomic E-state index is 3.59. The lowest BCUT2D eigenvalue weighted by molar-refractivity contribution is 0.136. The number of nitrogens with one attached hydrogen (secondary N) is 1. The van der Waals surface area contributed by atoms with Gasteiger partial charge >= 0.3 is 0 Å². The van der Waals surface area contributed by atoms with E-state index >= 15 is 0 Å². The summed E-state index contributed by atoms with van der Waals surface area (Å²) in [6.07, 6.45) is 4.28. The van der Waals surface area contributed by atoms with Gasteiger partial charge in [0.1, 0.15) is 0 Å². The average molecular weight is 225 g/mol. The van der Waals surface area contributed by atoms with Gasteiger partial charge in [-0.3, -0.25) is 0 Å². The lowest BCUT2D eigenvalue weighted by Crippen LogP contribution is -2.43. The van der Waals surface area contributed by atoms with Crippen LogP contribution < -0.4 is 5.32 Å². The van der Waals surface area contributed by atoms with Crippen molar-refractivity contribution >= 4 is 0 Å². The Kier molecular flexibility index (Phi) is 5.30. The smallest absolute Gasteiger partial charge is 0.0121 e. The third-order valence-corrected chi connectivity index (χ3v) is 4.67. The Labute approximate surface area is 102 Å². The molecule has 1 heteroatoms. The molecule has 0 aromatic carbocycles. The van der Waals surface area contributed by atoms with E-state index in [1.54, 1.807) is 0 Å². The van der Waals surface area contributed by atoms with Crippen molar-refractivity contribution in [3.63, 3.8) is 0 Å². The maximum absolute atomic E-state index is 3.59. The summed E-state index contributed by atoms with van der Waals surface area (Å²) in [6.45, 7) is 12.0. The summed E-state index contributed by atoms with van der Waals surface area (Å²) in [4.78, 5) is 0. The average Bonchev–Trinajstić information content (AvgIpc) is 2.16. The summed E-state index contributed by atoms with van der Waals surface area (Å²) in [6, 6.07) is 0.713. The van der Waals surface area contributed by atoms with E-state index in [4.69, 9.17) is 0 Å². The first kappa shape index (κ1) is 14.0. The zero-order valence-electron chi connectivity index (χ0n) is 12.1. The molecule has 0 spiro atoms. The topological polar surface area (TPSA) is 12.0 Å². The van der Waals surface area contributed by atoms with E-state index in [1.165, 1.54) is 19.3 Å². The van der Waals surface area contributed by atoms with Crippen LogP contribution >= 0.6 is 0 Å². The lowest BCUT2D eigenvalue weighted by atomic mass is 9.70. The molecule has 0 radical (unpaired) electrons. The molecular weight excluding hydrogens is 194 g/mol. The summed E-state index contributed by atoms with van der Waals surface area (Å²) in [5, 5.41) is 3.59. The third kappa shape index (κ3) is 3.48. The second-order valence-electron chi connectivity index (χ2n) is 6.60. The van der Waals surface area contributed by atoms with E-state index in [9.17, 15) is 0 Å². The molecule has 1 saturated carbocycles. The highest BCUT2D eigenvalue weighted by Gasteiger charge is 2.32. The first-order valence-electron chi connectivity index (χ1n) is 7.12. The van der Waals surface area contributed by atoms with Gasteiger partial charge in [-0.15, -0.1) is 0 Å². The van der Waals surface area contributed by atoms with Crippen LogP contribution in [0.25, 0.3) is 0 Å². The van der Waals surface area contributed by atoms with Gasteiger partial charge in [0.2, 0.25) is 0 Å². The third-order valence-electron chi connectivity index (χ3n) is 4.67. The van der Waals surface area contributed by atoms with Gasteiger partial charge in [0.15, 0.2) is 0 Å². The van der Waals surface area contributed by atoms with Crippen molar-refractivity contribution in [2.45, 2.75) is 59.9 Å². The summed E-state index contributed by atoms with van der Waals surface area (Å²) in [5.74, 6) is 4.30. The van der Waals surface area contributed by atoms with Crippen molar-refractivity contribution in [2.75, 3.05) is 7.05 Å². The van der Waals surface area contributed by atoms with Gasteiger partial charge in [-0.05, 0) is 55.9 Å². The largest absolute Gasteiger partial charge is 0.316 e. The van der Waals surface area contributed by atoms with Gasteiger partial charge in [0, 0.05) is 6.04 Å². The summed E-state index contributed by atoms with van der Waals surface area (Å²) in [5.41, 5.74) is 0. The lowest BCUT2D eigenvalue weighted by Gasteiger charge is -2.40. The zero-order valence-corrected chi connectivity index (χ0v) is 12.1. The van der Waals surface area contributed by atoms with Gasteiger partial charge in [-0.25, -0.2) is 0 Å². The van der Waals surface area contributed by atoms with Crippen LogP contribution in [0.15, 0.2) is 0 Å². The van der Waals surface area contributed by atoms with E-state index in [0.717, 1.165) is 29.6 Å². The first-order valence-corrected chi connectivity index (χ1v) is 7.12. The van der Waals surface area contributed by atoms with Crippen molar-refractivity contribution in [3.8, 4) is 0 Å². The van der Waals surface area contributed by atoms with E-state index in [-0.39, 0.29) is 0 Å². The Morgan fingerprint density at radius 2 is 1.44 bits per heavy atom. The fourth-order valence-corrected chi connectivity index (χ4v) is 3.64. The zero-order chi connectivity index (χ0) is 12.3. The predicted octanol–water partition coefficient (Wildman–Crippen LogP) is 3.94. The minimum absolute atomic E-state index is 0.713. The van der Waals surface area contributed by atoms with Crippen molar-refractivity contribution in [1.82, 2.24) is 5.32 Å². The molecular formula is C15H31N. The van der Waals surface area contributed by atoms with Crippen LogP contribution in [-0.2, 0) is 0 Å². The molecule has 1 aliphatic rings.